The average Bonchev–Trinajstić information content (AvgIpc) is 2.57. The van der Waals surface area contributed by atoms with Crippen molar-refractivity contribution in [2.45, 2.75) is 63.6 Å². The van der Waals surface area contributed by atoms with E-state index in [1.54, 1.807) is 0 Å². The fourth-order valence-corrected chi connectivity index (χ4v) is 2.87. The molecule has 1 aliphatic carbocycles. The highest BCUT2D eigenvalue weighted by atomic mass is 16.5. The quantitative estimate of drug-likeness (QED) is 0.713. The van der Waals surface area contributed by atoms with Crippen LogP contribution in [0.1, 0.15) is 45.4 Å². The van der Waals surface area contributed by atoms with E-state index < -0.39 is 0 Å². The van der Waals surface area contributed by atoms with Gasteiger partial charge in [0.05, 0.1) is 18.1 Å². The highest BCUT2D eigenvalue weighted by molar-refractivity contribution is 5.79. The third-order valence-electron chi connectivity index (χ3n) is 4.11. The molecule has 1 saturated heterocycles. The molecule has 3 N–H and O–H groups in total. The standard InChI is InChI=1S/C13H24N2O2/c1-9-12(7-8-17-9)15-13(16)10-5-3-2-4-6-11(10)14/h9-12H,2-8,14H2,1H3,(H,15,16). The lowest BCUT2D eigenvalue weighted by molar-refractivity contribution is -0.126. The van der Waals surface area contributed by atoms with Gasteiger partial charge in [-0.3, -0.25) is 4.79 Å². The molecule has 98 valence electrons. The van der Waals surface area contributed by atoms with Gasteiger partial charge in [0.1, 0.15) is 0 Å². The molecular weight excluding hydrogens is 216 g/mol. The van der Waals surface area contributed by atoms with Crippen LogP contribution in [0.3, 0.4) is 0 Å². The number of carbonyl (C=O) groups is 1. The van der Waals surface area contributed by atoms with Crippen LogP contribution in [0.5, 0.6) is 0 Å². The first kappa shape index (κ1) is 12.8. The zero-order chi connectivity index (χ0) is 12.3. The van der Waals surface area contributed by atoms with Gasteiger partial charge in [-0.1, -0.05) is 19.3 Å². The van der Waals surface area contributed by atoms with Crippen molar-refractivity contribution >= 4 is 5.91 Å². The number of rotatable bonds is 2. The lowest BCUT2D eigenvalue weighted by Gasteiger charge is -2.24. The van der Waals surface area contributed by atoms with Crippen LogP contribution in [0.2, 0.25) is 0 Å². The summed E-state index contributed by atoms with van der Waals surface area (Å²) in [7, 11) is 0. The van der Waals surface area contributed by atoms with Crippen molar-refractivity contribution in [1.29, 1.82) is 0 Å². The zero-order valence-electron chi connectivity index (χ0n) is 10.7. The second kappa shape index (κ2) is 5.83. The Balaban J connectivity index is 1.89. The molecule has 0 aromatic carbocycles. The third-order valence-corrected chi connectivity index (χ3v) is 4.11. The van der Waals surface area contributed by atoms with Gasteiger partial charge in [-0.05, 0) is 26.2 Å². The van der Waals surface area contributed by atoms with Crippen LogP contribution in [0.25, 0.3) is 0 Å². The molecule has 2 rings (SSSR count). The summed E-state index contributed by atoms with van der Waals surface area (Å²) in [6, 6.07) is 0.216. The fourth-order valence-electron chi connectivity index (χ4n) is 2.87. The molecular formula is C13H24N2O2. The van der Waals surface area contributed by atoms with Gasteiger partial charge in [0.25, 0.3) is 0 Å². The van der Waals surface area contributed by atoms with E-state index in [4.69, 9.17) is 10.5 Å². The molecule has 0 bridgehead atoms. The summed E-state index contributed by atoms with van der Waals surface area (Å²) in [6.07, 6.45) is 6.48. The van der Waals surface area contributed by atoms with Crippen LogP contribution in [-0.4, -0.2) is 30.7 Å². The summed E-state index contributed by atoms with van der Waals surface area (Å²) in [5.74, 6) is 0.145. The van der Waals surface area contributed by atoms with Crippen molar-refractivity contribution in [3.05, 3.63) is 0 Å². The molecule has 0 aromatic rings. The van der Waals surface area contributed by atoms with Gasteiger partial charge in [-0.15, -0.1) is 0 Å². The number of nitrogens with one attached hydrogen (secondary N) is 1. The van der Waals surface area contributed by atoms with E-state index in [9.17, 15) is 4.79 Å². The molecule has 17 heavy (non-hydrogen) atoms. The van der Waals surface area contributed by atoms with E-state index in [1.807, 2.05) is 6.92 Å². The number of hydrogen-bond acceptors (Lipinski definition) is 3. The first-order chi connectivity index (χ1) is 8.18. The number of hydrogen-bond donors (Lipinski definition) is 2. The molecule has 1 amide bonds. The molecule has 1 saturated carbocycles. The van der Waals surface area contributed by atoms with Gasteiger partial charge in [-0.25, -0.2) is 0 Å². The van der Waals surface area contributed by atoms with E-state index in [-0.39, 0.29) is 30.0 Å². The summed E-state index contributed by atoms with van der Waals surface area (Å²) < 4.78 is 5.46. The number of nitrogens with two attached hydrogens (primary N) is 1. The van der Waals surface area contributed by atoms with Gasteiger partial charge >= 0.3 is 0 Å². The highest BCUT2D eigenvalue weighted by Crippen LogP contribution is 2.23. The molecule has 4 unspecified atom stereocenters. The van der Waals surface area contributed by atoms with Crippen LogP contribution in [0.4, 0.5) is 0 Å². The Bertz CT molecular complexity index is 270. The minimum atomic E-state index is 0.00491. The maximum atomic E-state index is 12.2. The van der Waals surface area contributed by atoms with Crippen molar-refractivity contribution in [1.82, 2.24) is 5.32 Å². The number of carbonyl (C=O) groups excluding carboxylic acids is 1. The monoisotopic (exact) mass is 240 g/mol. The molecule has 4 atom stereocenters. The fraction of sp³-hybridized carbons (Fsp3) is 0.923. The van der Waals surface area contributed by atoms with E-state index in [0.717, 1.165) is 38.7 Å². The van der Waals surface area contributed by atoms with E-state index in [1.165, 1.54) is 6.42 Å². The number of ether oxygens (including phenoxy) is 1. The van der Waals surface area contributed by atoms with Gasteiger partial charge < -0.3 is 15.8 Å². The average molecular weight is 240 g/mol. The Labute approximate surface area is 103 Å². The summed E-state index contributed by atoms with van der Waals surface area (Å²) >= 11 is 0. The summed E-state index contributed by atoms with van der Waals surface area (Å²) in [6.45, 7) is 2.77. The summed E-state index contributed by atoms with van der Waals surface area (Å²) in [5.41, 5.74) is 6.10. The molecule has 1 aliphatic heterocycles. The molecule has 0 spiro atoms. The molecule has 4 heteroatoms. The predicted octanol–water partition coefficient (Wildman–Crippen LogP) is 1.19. The van der Waals surface area contributed by atoms with Crippen molar-refractivity contribution < 1.29 is 9.53 Å². The zero-order valence-corrected chi connectivity index (χ0v) is 10.7. The Morgan fingerprint density at radius 2 is 2.00 bits per heavy atom. The van der Waals surface area contributed by atoms with Crippen molar-refractivity contribution in [2.75, 3.05) is 6.61 Å². The molecule has 0 radical (unpaired) electrons. The largest absolute Gasteiger partial charge is 0.376 e. The summed E-state index contributed by atoms with van der Waals surface area (Å²) in [4.78, 5) is 12.2. The molecule has 0 aromatic heterocycles. The lowest BCUT2D eigenvalue weighted by atomic mass is 9.94. The Hall–Kier alpha value is -0.610. The maximum Gasteiger partial charge on any atom is 0.224 e. The van der Waals surface area contributed by atoms with Crippen molar-refractivity contribution in [3.63, 3.8) is 0 Å². The first-order valence-corrected chi connectivity index (χ1v) is 6.86. The van der Waals surface area contributed by atoms with Crippen LogP contribution in [0, 0.1) is 5.92 Å². The summed E-state index contributed by atoms with van der Waals surface area (Å²) in [5, 5.41) is 3.11. The topological polar surface area (TPSA) is 64.3 Å². The Kier molecular flexibility index (Phi) is 4.40. The van der Waals surface area contributed by atoms with Crippen molar-refractivity contribution in [2.24, 2.45) is 11.7 Å². The normalized spacial score (nSPS) is 38.7. The second-order valence-corrected chi connectivity index (χ2v) is 5.39. The lowest BCUT2D eigenvalue weighted by Crippen LogP contribution is -2.47. The molecule has 1 heterocycles. The SMILES string of the molecule is CC1OCCC1NC(=O)C1CCCCCC1N. The smallest absolute Gasteiger partial charge is 0.224 e. The van der Waals surface area contributed by atoms with Crippen molar-refractivity contribution in [3.8, 4) is 0 Å². The van der Waals surface area contributed by atoms with Crippen LogP contribution < -0.4 is 11.1 Å². The maximum absolute atomic E-state index is 12.2. The van der Waals surface area contributed by atoms with Crippen LogP contribution >= 0.6 is 0 Å². The molecule has 2 aliphatic rings. The molecule has 2 fully saturated rings. The predicted molar refractivity (Wildman–Crippen MR) is 66.5 cm³/mol. The van der Waals surface area contributed by atoms with Gasteiger partial charge in [0.15, 0.2) is 0 Å². The van der Waals surface area contributed by atoms with Gasteiger partial charge in [0, 0.05) is 12.6 Å². The first-order valence-electron chi connectivity index (χ1n) is 6.86. The minimum Gasteiger partial charge on any atom is -0.376 e. The van der Waals surface area contributed by atoms with Crippen LogP contribution in [0.15, 0.2) is 0 Å². The minimum absolute atomic E-state index is 0.00491. The number of amides is 1. The van der Waals surface area contributed by atoms with Gasteiger partial charge in [0.2, 0.25) is 5.91 Å². The third kappa shape index (κ3) is 3.19. The van der Waals surface area contributed by atoms with Crippen LogP contribution in [-0.2, 0) is 9.53 Å². The van der Waals surface area contributed by atoms with E-state index >= 15 is 0 Å². The second-order valence-electron chi connectivity index (χ2n) is 5.39. The Morgan fingerprint density at radius 3 is 2.71 bits per heavy atom. The van der Waals surface area contributed by atoms with E-state index in [2.05, 4.69) is 5.32 Å². The molecule has 4 nitrogen and oxygen atoms in total. The Morgan fingerprint density at radius 1 is 1.24 bits per heavy atom. The highest BCUT2D eigenvalue weighted by Gasteiger charge is 2.31. The van der Waals surface area contributed by atoms with E-state index in [0.29, 0.717) is 0 Å². The van der Waals surface area contributed by atoms with Gasteiger partial charge in [-0.2, -0.15) is 0 Å².